The van der Waals surface area contributed by atoms with Gasteiger partial charge in [0, 0.05) is 11.6 Å². The molecule has 3 aromatic rings. The van der Waals surface area contributed by atoms with Crippen LogP contribution in [0, 0.1) is 0 Å². The Labute approximate surface area is 183 Å². The first-order chi connectivity index (χ1) is 14.7. The van der Waals surface area contributed by atoms with Crippen LogP contribution in [0.5, 0.6) is 0 Å². The first-order valence-electron chi connectivity index (χ1n) is 10.5. The number of hydrogen-bond donors (Lipinski definition) is 0. The van der Waals surface area contributed by atoms with Crippen LogP contribution in [0.2, 0.25) is 0 Å². The normalized spacial score (nSPS) is 19.4. The van der Waals surface area contributed by atoms with Gasteiger partial charge in [0.2, 0.25) is 0 Å². The summed E-state index contributed by atoms with van der Waals surface area (Å²) in [7, 11) is 0. The highest BCUT2D eigenvalue weighted by atomic mass is 79.9. The van der Waals surface area contributed by atoms with E-state index in [0.29, 0.717) is 17.4 Å². The zero-order chi connectivity index (χ0) is 20.7. The van der Waals surface area contributed by atoms with Crippen molar-refractivity contribution in [1.82, 2.24) is 24.7 Å². The molecule has 2 aliphatic rings. The number of halogens is 1. The van der Waals surface area contributed by atoms with Gasteiger partial charge in [-0.1, -0.05) is 66.0 Å². The van der Waals surface area contributed by atoms with Gasteiger partial charge in [0.1, 0.15) is 16.8 Å². The van der Waals surface area contributed by atoms with Crippen molar-refractivity contribution in [3.8, 4) is 5.69 Å². The second-order valence-electron chi connectivity index (χ2n) is 7.86. The number of carbonyl (C=O) groups is 1. The zero-order valence-electron chi connectivity index (χ0n) is 16.8. The van der Waals surface area contributed by atoms with Gasteiger partial charge in [-0.2, -0.15) is 0 Å². The van der Waals surface area contributed by atoms with Crippen molar-refractivity contribution in [2.75, 3.05) is 4.90 Å². The minimum Gasteiger partial charge on any atom is -0.342 e. The number of hydrogen-bond acceptors (Lipinski definition) is 6. The molecular weight excluding hydrogens is 444 g/mol. The number of carbonyl (C=O) groups excluding carboxylic acids is 1. The molecule has 0 bridgehead atoms. The largest absolute Gasteiger partial charge is 0.342 e. The average molecular weight is 467 g/mol. The monoisotopic (exact) mass is 466 g/mol. The zero-order valence-corrected chi connectivity index (χ0v) is 18.4. The van der Waals surface area contributed by atoms with Gasteiger partial charge in [-0.05, 0) is 19.3 Å². The molecule has 0 saturated heterocycles. The number of Topliss-reactive ketones (excluding diaryl/α,β-unsaturated/α-hetero) is 1. The van der Waals surface area contributed by atoms with Crippen molar-refractivity contribution in [2.24, 2.45) is 0 Å². The summed E-state index contributed by atoms with van der Waals surface area (Å²) in [6, 6.07) is 9.79. The second kappa shape index (κ2) is 7.91. The van der Waals surface area contributed by atoms with E-state index in [1.54, 1.807) is 12.5 Å². The van der Waals surface area contributed by atoms with Crippen LogP contribution in [0.3, 0.4) is 0 Å². The molecule has 2 aromatic heterocycles. The fourth-order valence-corrected chi connectivity index (χ4v) is 5.13. The van der Waals surface area contributed by atoms with E-state index >= 15 is 0 Å². The smallest absolute Gasteiger partial charge is 0.184 e. The topological polar surface area (TPSA) is 76.8 Å². The lowest BCUT2D eigenvalue weighted by Gasteiger charge is -2.41. The lowest BCUT2D eigenvalue weighted by atomic mass is 10.0. The number of benzene rings is 1. The van der Waals surface area contributed by atoms with Crippen molar-refractivity contribution in [3.05, 3.63) is 60.1 Å². The molecule has 1 aliphatic carbocycles. The van der Waals surface area contributed by atoms with Crippen LogP contribution < -0.4 is 4.90 Å². The molecule has 1 aliphatic heterocycles. The first kappa shape index (κ1) is 19.4. The summed E-state index contributed by atoms with van der Waals surface area (Å²) >= 11 is 3.55. The Bertz CT molecular complexity index is 1060. The summed E-state index contributed by atoms with van der Waals surface area (Å²) in [6.07, 6.45) is 9.18. The predicted octanol–water partition coefficient (Wildman–Crippen LogP) is 4.59. The molecule has 0 spiro atoms. The van der Waals surface area contributed by atoms with Crippen LogP contribution in [0.25, 0.3) is 5.69 Å². The van der Waals surface area contributed by atoms with Gasteiger partial charge in [0.05, 0.1) is 12.2 Å². The van der Waals surface area contributed by atoms with Crippen molar-refractivity contribution in [2.45, 2.75) is 55.9 Å². The van der Waals surface area contributed by atoms with Crippen molar-refractivity contribution in [3.63, 3.8) is 0 Å². The molecule has 0 radical (unpaired) electrons. The minimum absolute atomic E-state index is 0.0456. The maximum Gasteiger partial charge on any atom is 0.184 e. The molecule has 7 nitrogen and oxygen atoms in total. The van der Waals surface area contributed by atoms with E-state index in [0.717, 1.165) is 36.6 Å². The van der Waals surface area contributed by atoms with Crippen LogP contribution in [-0.4, -0.2) is 36.6 Å². The average Bonchev–Trinajstić information content (AvgIpc) is 3.49. The van der Waals surface area contributed by atoms with E-state index in [4.69, 9.17) is 4.98 Å². The summed E-state index contributed by atoms with van der Waals surface area (Å²) in [5.41, 5.74) is 1.52. The highest BCUT2D eigenvalue weighted by Crippen LogP contribution is 2.43. The lowest BCUT2D eigenvalue weighted by Crippen LogP contribution is -2.42. The highest BCUT2D eigenvalue weighted by Gasteiger charge is 2.39. The lowest BCUT2D eigenvalue weighted by molar-refractivity contribution is 0.0989. The van der Waals surface area contributed by atoms with Gasteiger partial charge in [0.25, 0.3) is 0 Å². The Morgan fingerprint density at radius 1 is 1.23 bits per heavy atom. The van der Waals surface area contributed by atoms with Gasteiger partial charge >= 0.3 is 0 Å². The number of nitrogens with zero attached hydrogens (tertiary/aromatic N) is 6. The first-order valence-corrected chi connectivity index (χ1v) is 11.4. The molecule has 154 valence electrons. The summed E-state index contributed by atoms with van der Waals surface area (Å²) in [6.45, 7) is 2.17. The fourth-order valence-electron chi connectivity index (χ4n) is 4.65. The standard InChI is InChI=1S/C22H23BrN6O/c1-2-16-22-27-25-13-28(22)17-12-24-20(18(23)19(30)14-8-4-3-5-9-14)26-21(17)29(16)15-10-6-7-11-15/h3-5,8-9,12-13,15-16,18H,2,6-7,10-11H2,1H3. The molecule has 1 saturated carbocycles. The Balaban J connectivity index is 1.59. The van der Waals surface area contributed by atoms with E-state index < -0.39 is 4.83 Å². The Hall–Kier alpha value is -2.61. The van der Waals surface area contributed by atoms with Crippen LogP contribution in [0.4, 0.5) is 5.82 Å². The van der Waals surface area contributed by atoms with E-state index in [2.05, 4.69) is 42.9 Å². The molecule has 1 fully saturated rings. The van der Waals surface area contributed by atoms with E-state index in [-0.39, 0.29) is 11.8 Å². The summed E-state index contributed by atoms with van der Waals surface area (Å²) in [4.78, 5) is 24.3. The second-order valence-corrected chi connectivity index (χ2v) is 8.77. The number of anilines is 1. The van der Waals surface area contributed by atoms with E-state index in [9.17, 15) is 4.79 Å². The van der Waals surface area contributed by atoms with Crippen LogP contribution >= 0.6 is 15.9 Å². The molecular formula is C22H23BrN6O. The number of fused-ring (bicyclic) bond motifs is 3. The molecule has 0 N–H and O–H groups in total. The van der Waals surface area contributed by atoms with Crippen LogP contribution in [-0.2, 0) is 0 Å². The maximum absolute atomic E-state index is 13.0. The molecule has 5 rings (SSSR count). The minimum atomic E-state index is -0.599. The number of ketones is 1. The van der Waals surface area contributed by atoms with Crippen LogP contribution in [0.1, 0.15) is 71.9 Å². The third-order valence-electron chi connectivity index (χ3n) is 6.10. The molecule has 2 unspecified atom stereocenters. The van der Waals surface area contributed by atoms with Crippen molar-refractivity contribution < 1.29 is 4.79 Å². The molecule has 30 heavy (non-hydrogen) atoms. The predicted molar refractivity (Wildman–Crippen MR) is 117 cm³/mol. The van der Waals surface area contributed by atoms with E-state index in [1.165, 1.54) is 12.8 Å². The van der Waals surface area contributed by atoms with Gasteiger partial charge in [-0.3, -0.25) is 9.36 Å². The molecule has 1 aromatic carbocycles. The Morgan fingerprint density at radius 3 is 2.73 bits per heavy atom. The summed E-state index contributed by atoms with van der Waals surface area (Å²) < 4.78 is 1.99. The summed E-state index contributed by atoms with van der Waals surface area (Å²) in [5.74, 6) is 2.24. The third kappa shape index (κ3) is 3.14. The van der Waals surface area contributed by atoms with E-state index in [1.807, 2.05) is 34.9 Å². The molecule has 2 atom stereocenters. The number of alkyl halides is 1. The number of rotatable bonds is 5. The number of aromatic nitrogens is 5. The van der Waals surface area contributed by atoms with Crippen LogP contribution in [0.15, 0.2) is 42.9 Å². The molecule has 3 heterocycles. The summed E-state index contributed by atoms with van der Waals surface area (Å²) in [5, 5.41) is 8.56. The van der Waals surface area contributed by atoms with Gasteiger partial charge in [-0.15, -0.1) is 10.2 Å². The Morgan fingerprint density at radius 2 is 2.00 bits per heavy atom. The van der Waals surface area contributed by atoms with Gasteiger partial charge < -0.3 is 4.90 Å². The highest BCUT2D eigenvalue weighted by molar-refractivity contribution is 9.09. The SMILES string of the molecule is CCC1c2nncn2-c2cnc(C(Br)C(=O)c3ccccc3)nc2N1C1CCCC1. The van der Waals surface area contributed by atoms with Gasteiger partial charge in [-0.25, -0.2) is 9.97 Å². The van der Waals surface area contributed by atoms with Gasteiger partial charge in [0.15, 0.2) is 23.2 Å². The fraction of sp³-hybridized carbons (Fsp3) is 0.409. The maximum atomic E-state index is 13.0. The molecule has 0 amide bonds. The Kier molecular flexibility index (Phi) is 5.10. The third-order valence-corrected chi connectivity index (χ3v) is 6.93. The van der Waals surface area contributed by atoms with Crippen molar-refractivity contribution >= 4 is 27.5 Å². The van der Waals surface area contributed by atoms with Crippen molar-refractivity contribution in [1.29, 1.82) is 0 Å². The quantitative estimate of drug-likeness (QED) is 0.404. The molecule has 8 heteroatoms.